The second kappa shape index (κ2) is 3.80. The monoisotopic (exact) mass is 249 g/mol. The largest absolute Gasteiger partial charge is 0.486 e. The molecule has 0 radical (unpaired) electrons. The minimum Gasteiger partial charge on any atom is -0.486 e. The summed E-state index contributed by atoms with van der Waals surface area (Å²) in [5, 5.41) is 0. The summed E-state index contributed by atoms with van der Waals surface area (Å²) in [6.45, 7) is 3.56. The van der Waals surface area contributed by atoms with Crippen LogP contribution in [0.5, 0.6) is 11.5 Å². The van der Waals surface area contributed by atoms with Crippen LogP contribution in [0.1, 0.15) is 12.5 Å². The highest BCUT2D eigenvalue weighted by atomic mass is 16.6. The topological polar surface area (TPSA) is 48.0 Å². The number of likely N-dealkylation sites (N-methyl/N-ethyl adjacent to an activating group) is 1. The summed E-state index contributed by atoms with van der Waals surface area (Å²) in [6, 6.07) is 5.67. The second-order valence-electron chi connectivity index (χ2n) is 4.81. The zero-order valence-corrected chi connectivity index (χ0v) is 10.4. The van der Waals surface area contributed by atoms with E-state index in [1.54, 1.807) is 11.9 Å². The summed E-state index contributed by atoms with van der Waals surface area (Å²) in [4.78, 5) is 13.1. The van der Waals surface area contributed by atoms with Crippen molar-refractivity contribution in [3.05, 3.63) is 23.8 Å². The van der Waals surface area contributed by atoms with E-state index < -0.39 is 5.60 Å². The fourth-order valence-corrected chi connectivity index (χ4v) is 2.34. The molecule has 0 N–H and O–H groups in total. The van der Waals surface area contributed by atoms with Gasteiger partial charge in [0.25, 0.3) is 0 Å². The van der Waals surface area contributed by atoms with Gasteiger partial charge in [0.1, 0.15) is 13.2 Å². The Labute approximate surface area is 105 Å². The van der Waals surface area contributed by atoms with Gasteiger partial charge in [-0.15, -0.1) is 0 Å². The van der Waals surface area contributed by atoms with Crippen molar-refractivity contribution in [2.75, 3.05) is 26.8 Å². The van der Waals surface area contributed by atoms with Crippen LogP contribution in [0, 0.1) is 0 Å². The van der Waals surface area contributed by atoms with Gasteiger partial charge in [0.15, 0.2) is 17.1 Å². The molecule has 1 unspecified atom stereocenters. The van der Waals surface area contributed by atoms with Gasteiger partial charge in [-0.2, -0.15) is 0 Å². The van der Waals surface area contributed by atoms with Gasteiger partial charge in [-0.1, -0.05) is 6.07 Å². The van der Waals surface area contributed by atoms with Gasteiger partial charge in [-0.05, 0) is 19.1 Å². The summed E-state index contributed by atoms with van der Waals surface area (Å²) >= 11 is 0. The Morgan fingerprint density at radius 3 is 2.61 bits per heavy atom. The van der Waals surface area contributed by atoms with Crippen LogP contribution in [0.2, 0.25) is 0 Å². The van der Waals surface area contributed by atoms with Crippen LogP contribution >= 0.6 is 0 Å². The highest BCUT2D eigenvalue weighted by Gasteiger charge is 2.41. The van der Waals surface area contributed by atoms with Crippen LogP contribution in [-0.2, 0) is 10.3 Å². The predicted molar refractivity (Wildman–Crippen MR) is 63.9 cm³/mol. The number of carbonyl (C=O) groups excluding carboxylic acids is 1. The van der Waals surface area contributed by atoms with Crippen molar-refractivity contribution >= 4 is 6.09 Å². The van der Waals surface area contributed by atoms with Crippen LogP contribution in [0.15, 0.2) is 18.2 Å². The number of amides is 1. The average Bonchev–Trinajstić information content (AvgIpc) is 2.64. The highest BCUT2D eigenvalue weighted by molar-refractivity contribution is 5.70. The molecule has 1 amide bonds. The normalized spacial score (nSPS) is 26.1. The van der Waals surface area contributed by atoms with Crippen molar-refractivity contribution in [1.82, 2.24) is 4.90 Å². The van der Waals surface area contributed by atoms with Gasteiger partial charge in [-0.25, -0.2) is 4.79 Å². The summed E-state index contributed by atoms with van der Waals surface area (Å²) in [7, 11) is 1.73. The molecular weight excluding hydrogens is 234 g/mol. The first-order valence-electron chi connectivity index (χ1n) is 5.93. The van der Waals surface area contributed by atoms with Crippen molar-refractivity contribution in [2.24, 2.45) is 0 Å². The molecule has 2 aliphatic heterocycles. The number of ether oxygens (including phenoxy) is 3. The van der Waals surface area contributed by atoms with E-state index in [2.05, 4.69) is 0 Å². The Balaban J connectivity index is 1.95. The Hall–Kier alpha value is -1.91. The third kappa shape index (κ3) is 1.66. The van der Waals surface area contributed by atoms with E-state index in [4.69, 9.17) is 14.2 Å². The second-order valence-corrected chi connectivity index (χ2v) is 4.81. The lowest BCUT2D eigenvalue weighted by molar-refractivity contribution is 0.0695. The SMILES string of the molecule is CN1CC(C)(c2ccc3c(c2)OCCO3)OC1=O. The molecule has 0 bridgehead atoms. The van der Waals surface area contributed by atoms with Crippen molar-refractivity contribution in [2.45, 2.75) is 12.5 Å². The van der Waals surface area contributed by atoms with Crippen LogP contribution in [0.25, 0.3) is 0 Å². The van der Waals surface area contributed by atoms with E-state index in [0.29, 0.717) is 25.5 Å². The van der Waals surface area contributed by atoms with Crippen LogP contribution in [0.3, 0.4) is 0 Å². The third-order valence-electron chi connectivity index (χ3n) is 3.32. The fraction of sp³-hybridized carbons (Fsp3) is 0.462. The Morgan fingerprint density at radius 2 is 1.94 bits per heavy atom. The number of fused-ring (bicyclic) bond motifs is 1. The molecule has 3 rings (SSSR count). The number of benzene rings is 1. The van der Waals surface area contributed by atoms with Gasteiger partial charge in [0, 0.05) is 12.6 Å². The van der Waals surface area contributed by atoms with E-state index in [9.17, 15) is 4.79 Å². The third-order valence-corrected chi connectivity index (χ3v) is 3.32. The minimum absolute atomic E-state index is 0.299. The molecule has 0 aliphatic carbocycles. The molecule has 0 spiro atoms. The van der Waals surface area contributed by atoms with Gasteiger partial charge >= 0.3 is 6.09 Å². The van der Waals surface area contributed by atoms with E-state index in [1.165, 1.54) is 0 Å². The molecule has 1 atom stereocenters. The molecule has 2 aliphatic rings. The van der Waals surface area contributed by atoms with Gasteiger partial charge in [0.05, 0.1) is 6.54 Å². The van der Waals surface area contributed by atoms with Crippen molar-refractivity contribution in [1.29, 1.82) is 0 Å². The molecule has 5 heteroatoms. The number of hydrogen-bond acceptors (Lipinski definition) is 4. The maximum atomic E-state index is 11.5. The minimum atomic E-state index is -0.623. The first-order chi connectivity index (χ1) is 8.58. The molecular formula is C13H15NO4. The van der Waals surface area contributed by atoms with Crippen LogP contribution in [-0.4, -0.2) is 37.8 Å². The molecule has 1 saturated heterocycles. The molecule has 96 valence electrons. The lowest BCUT2D eigenvalue weighted by Crippen LogP contribution is -2.27. The Kier molecular flexibility index (Phi) is 2.36. The zero-order chi connectivity index (χ0) is 12.8. The van der Waals surface area contributed by atoms with E-state index >= 15 is 0 Å². The summed E-state index contributed by atoms with van der Waals surface area (Å²) < 4.78 is 16.4. The smallest absolute Gasteiger partial charge is 0.410 e. The molecule has 1 aromatic carbocycles. The maximum Gasteiger partial charge on any atom is 0.410 e. The summed E-state index contributed by atoms with van der Waals surface area (Å²) in [5.41, 5.74) is 0.297. The van der Waals surface area contributed by atoms with Crippen molar-refractivity contribution < 1.29 is 19.0 Å². The lowest BCUT2D eigenvalue weighted by atomic mass is 9.95. The van der Waals surface area contributed by atoms with Crippen LogP contribution < -0.4 is 9.47 Å². The van der Waals surface area contributed by atoms with E-state index in [0.717, 1.165) is 11.3 Å². The van der Waals surface area contributed by atoms with Crippen molar-refractivity contribution in [3.63, 3.8) is 0 Å². The highest BCUT2D eigenvalue weighted by Crippen LogP contribution is 2.38. The van der Waals surface area contributed by atoms with E-state index in [-0.39, 0.29) is 6.09 Å². The zero-order valence-electron chi connectivity index (χ0n) is 10.4. The molecule has 18 heavy (non-hydrogen) atoms. The number of carbonyl (C=O) groups is 1. The van der Waals surface area contributed by atoms with Gasteiger partial charge in [0.2, 0.25) is 0 Å². The predicted octanol–water partition coefficient (Wildman–Crippen LogP) is 1.75. The molecule has 2 heterocycles. The molecule has 0 aromatic heterocycles. The quantitative estimate of drug-likeness (QED) is 0.761. The lowest BCUT2D eigenvalue weighted by Gasteiger charge is -2.25. The maximum absolute atomic E-state index is 11.5. The number of nitrogens with zero attached hydrogens (tertiary/aromatic N) is 1. The molecule has 5 nitrogen and oxygen atoms in total. The Morgan fingerprint density at radius 1 is 1.22 bits per heavy atom. The number of rotatable bonds is 1. The van der Waals surface area contributed by atoms with Gasteiger partial charge < -0.3 is 19.1 Å². The summed E-state index contributed by atoms with van der Waals surface area (Å²) in [5.74, 6) is 1.46. The first kappa shape index (κ1) is 11.2. The molecule has 1 fully saturated rings. The van der Waals surface area contributed by atoms with Crippen molar-refractivity contribution in [3.8, 4) is 11.5 Å². The van der Waals surface area contributed by atoms with Crippen LogP contribution in [0.4, 0.5) is 4.79 Å². The first-order valence-corrected chi connectivity index (χ1v) is 5.93. The average molecular weight is 249 g/mol. The van der Waals surface area contributed by atoms with E-state index in [1.807, 2.05) is 25.1 Å². The molecule has 0 saturated carbocycles. The fourth-order valence-electron chi connectivity index (χ4n) is 2.34. The summed E-state index contributed by atoms with van der Waals surface area (Å²) in [6.07, 6.45) is -0.299. The molecule has 1 aromatic rings. The number of hydrogen-bond donors (Lipinski definition) is 0. The van der Waals surface area contributed by atoms with Gasteiger partial charge in [-0.3, -0.25) is 0 Å². The number of cyclic esters (lactones) is 1. The standard InChI is InChI=1S/C13H15NO4/c1-13(8-14(2)12(15)18-13)9-3-4-10-11(7-9)17-6-5-16-10/h3-4,7H,5-6,8H2,1-2H3. The Bertz CT molecular complexity index is 502.